The Hall–Kier alpha value is -2.52. The van der Waals surface area contributed by atoms with E-state index >= 15 is 0 Å². The molecule has 0 aliphatic carbocycles. The van der Waals surface area contributed by atoms with Gasteiger partial charge >= 0.3 is 18.2 Å². The summed E-state index contributed by atoms with van der Waals surface area (Å²) in [6.45, 7) is 0.145. The number of hydrogen-bond acceptors (Lipinski definition) is 4. The number of carboxylic acid groups (broad SMARTS) is 3. The lowest BCUT2D eigenvalue weighted by Crippen LogP contribution is -2.47. The van der Waals surface area contributed by atoms with E-state index in [0.717, 1.165) is 0 Å². The number of carbonyl (C=O) groups is 3. The second-order valence-corrected chi connectivity index (χ2v) is 3.27. The van der Waals surface area contributed by atoms with Crippen molar-refractivity contribution in [2.45, 2.75) is 18.9 Å². The Labute approximate surface area is 101 Å². The van der Waals surface area contributed by atoms with Crippen LogP contribution in [-0.4, -0.2) is 56.9 Å². The monoisotopic (exact) mass is 262 g/mol. The van der Waals surface area contributed by atoms with Crippen molar-refractivity contribution in [2.75, 3.05) is 6.54 Å². The number of carboxylic acids is 1. The summed E-state index contributed by atoms with van der Waals surface area (Å²) in [4.78, 5) is 31.9. The summed E-state index contributed by atoms with van der Waals surface area (Å²) in [6, 6.07) is -1.69. The summed E-state index contributed by atoms with van der Waals surface area (Å²) in [6.07, 6.45) is -3.77. The molecule has 10 nitrogen and oxygen atoms in total. The molecule has 0 aromatic carbocycles. The van der Waals surface area contributed by atoms with Crippen molar-refractivity contribution in [1.82, 2.24) is 10.2 Å². The summed E-state index contributed by atoms with van der Waals surface area (Å²) in [5.74, 6) is -1.86. The molecule has 0 saturated carbocycles. The number of amides is 2. The van der Waals surface area contributed by atoms with Gasteiger partial charge in [0.25, 0.3) is 0 Å². The zero-order valence-electron chi connectivity index (χ0n) is 9.29. The molecule has 102 valence electrons. The van der Waals surface area contributed by atoms with Crippen molar-refractivity contribution in [2.24, 2.45) is 5.73 Å². The van der Waals surface area contributed by atoms with Gasteiger partial charge in [0.2, 0.25) is 0 Å². The third-order valence-electron chi connectivity index (χ3n) is 1.98. The van der Waals surface area contributed by atoms with E-state index < -0.39 is 24.2 Å². The molecule has 0 aromatic rings. The highest BCUT2D eigenvalue weighted by atomic mass is 16.4. The maximum absolute atomic E-state index is 10.8. The first kappa shape index (κ1) is 15.5. The van der Waals surface area contributed by atoms with Crippen molar-refractivity contribution >= 4 is 24.1 Å². The van der Waals surface area contributed by atoms with Crippen LogP contribution in [0.25, 0.3) is 0 Å². The number of aliphatic carboxylic acids is 1. The van der Waals surface area contributed by atoms with Gasteiger partial charge in [-0.1, -0.05) is 0 Å². The zero-order chi connectivity index (χ0) is 14.3. The van der Waals surface area contributed by atoms with Crippen LogP contribution in [0, 0.1) is 5.41 Å². The molecule has 0 saturated heterocycles. The quantitative estimate of drug-likeness (QED) is 0.208. The average molecular weight is 262 g/mol. The maximum Gasteiger partial charge on any atom is 0.417 e. The van der Waals surface area contributed by atoms with Crippen LogP contribution >= 0.6 is 0 Å². The number of rotatable bonds is 6. The number of nitrogens with zero attached hydrogens (tertiary/aromatic N) is 1. The van der Waals surface area contributed by atoms with Gasteiger partial charge in [-0.3, -0.25) is 5.41 Å². The molecule has 0 spiro atoms. The van der Waals surface area contributed by atoms with E-state index in [1.807, 2.05) is 0 Å². The fourth-order valence-electron chi connectivity index (χ4n) is 1.23. The molecule has 0 radical (unpaired) electrons. The topological polar surface area (TPSA) is 177 Å². The molecule has 18 heavy (non-hydrogen) atoms. The Balaban J connectivity index is 4.55. The summed E-state index contributed by atoms with van der Waals surface area (Å²) in [5.41, 5.74) is 4.98. The highest BCUT2D eigenvalue weighted by Crippen LogP contribution is 2.08. The van der Waals surface area contributed by atoms with Crippen LogP contribution in [0.1, 0.15) is 12.8 Å². The van der Waals surface area contributed by atoms with Gasteiger partial charge < -0.3 is 26.4 Å². The van der Waals surface area contributed by atoms with Gasteiger partial charge in [-0.2, -0.15) is 4.90 Å². The molecule has 10 heteroatoms. The lowest BCUT2D eigenvalue weighted by atomic mass is 10.1. The Morgan fingerprint density at radius 2 is 1.72 bits per heavy atom. The predicted molar refractivity (Wildman–Crippen MR) is 58.5 cm³/mol. The second-order valence-electron chi connectivity index (χ2n) is 3.27. The van der Waals surface area contributed by atoms with E-state index in [9.17, 15) is 14.4 Å². The third kappa shape index (κ3) is 5.01. The van der Waals surface area contributed by atoms with Gasteiger partial charge in [-0.15, -0.1) is 0 Å². The maximum atomic E-state index is 10.8. The van der Waals surface area contributed by atoms with Crippen molar-refractivity contribution in [3.63, 3.8) is 0 Å². The van der Waals surface area contributed by atoms with Gasteiger partial charge in [0.05, 0.1) is 0 Å². The van der Waals surface area contributed by atoms with E-state index in [0.29, 0.717) is 0 Å². The van der Waals surface area contributed by atoms with Crippen LogP contribution in [0.4, 0.5) is 9.59 Å². The summed E-state index contributed by atoms with van der Waals surface area (Å²) < 4.78 is 0. The molecule has 1 unspecified atom stereocenters. The highest BCUT2D eigenvalue weighted by Gasteiger charge is 2.34. The molecule has 7 N–H and O–H groups in total. The largest absolute Gasteiger partial charge is 0.480 e. The zero-order valence-corrected chi connectivity index (χ0v) is 9.29. The Morgan fingerprint density at radius 1 is 1.22 bits per heavy atom. The average Bonchev–Trinajstić information content (AvgIpc) is 2.20. The molecule has 0 fully saturated rings. The fourth-order valence-corrected chi connectivity index (χ4v) is 1.23. The fraction of sp³-hybridized carbons (Fsp3) is 0.500. The van der Waals surface area contributed by atoms with Gasteiger partial charge in [0, 0.05) is 6.54 Å². The van der Waals surface area contributed by atoms with E-state index in [-0.39, 0.29) is 30.2 Å². The van der Waals surface area contributed by atoms with Crippen LogP contribution in [0.3, 0.4) is 0 Å². The van der Waals surface area contributed by atoms with Crippen molar-refractivity contribution in [3.8, 4) is 0 Å². The van der Waals surface area contributed by atoms with Gasteiger partial charge in [0.15, 0.2) is 5.96 Å². The van der Waals surface area contributed by atoms with Gasteiger partial charge in [-0.05, 0) is 12.8 Å². The smallest absolute Gasteiger partial charge is 0.417 e. The normalized spacial score (nSPS) is 11.3. The third-order valence-corrected chi connectivity index (χ3v) is 1.98. The molecule has 2 amide bonds. The molecule has 0 rings (SSSR count). The summed E-state index contributed by atoms with van der Waals surface area (Å²) in [7, 11) is 0. The molecule has 1 atom stereocenters. The molecular formula is C8H14N4O6. The summed E-state index contributed by atoms with van der Waals surface area (Å²) in [5, 5.41) is 35.3. The minimum atomic E-state index is -1.85. The van der Waals surface area contributed by atoms with Crippen LogP contribution in [-0.2, 0) is 4.79 Å². The van der Waals surface area contributed by atoms with Gasteiger partial charge in [-0.25, -0.2) is 14.4 Å². The van der Waals surface area contributed by atoms with E-state index in [4.69, 9.17) is 26.5 Å². The molecular weight excluding hydrogens is 248 g/mol. The van der Waals surface area contributed by atoms with Crippen molar-refractivity contribution in [1.29, 1.82) is 5.41 Å². The number of guanidine groups is 1. The van der Waals surface area contributed by atoms with Crippen LogP contribution in [0.2, 0.25) is 0 Å². The van der Waals surface area contributed by atoms with E-state index in [1.165, 1.54) is 0 Å². The van der Waals surface area contributed by atoms with E-state index in [2.05, 4.69) is 5.32 Å². The minimum Gasteiger partial charge on any atom is -0.480 e. The van der Waals surface area contributed by atoms with Crippen LogP contribution in [0.15, 0.2) is 0 Å². The Kier molecular flexibility index (Phi) is 5.96. The standard InChI is InChI=1S/C8H14N4O6/c9-6(10)11-3-1-2-4(5(13)14)12(7(15)16)8(17)18/h4H,1-3H2,(H,13,14)(H,15,16)(H,17,18)(H4,9,10,11). The number of nitrogens with one attached hydrogen (secondary N) is 2. The van der Waals surface area contributed by atoms with Crippen molar-refractivity contribution in [3.05, 3.63) is 0 Å². The van der Waals surface area contributed by atoms with E-state index in [1.54, 1.807) is 0 Å². The van der Waals surface area contributed by atoms with Crippen LogP contribution in [0.5, 0.6) is 0 Å². The number of hydrogen-bond donors (Lipinski definition) is 6. The first-order valence-corrected chi connectivity index (χ1v) is 4.83. The second kappa shape index (κ2) is 6.93. The number of imide groups is 1. The van der Waals surface area contributed by atoms with Gasteiger partial charge in [0.1, 0.15) is 6.04 Å². The first-order chi connectivity index (χ1) is 8.27. The number of nitrogens with two attached hydrogens (primary N) is 1. The SMILES string of the molecule is N=C(N)NCCCC(C(=O)O)N(C(=O)O)C(=O)O. The molecule has 0 bridgehead atoms. The summed E-state index contributed by atoms with van der Waals surface area (Å²) >= 11 is 0. The molecule has 0 aliphatic rings. The molecule has 0 aliphatic heterocycles. The predicted octanol–water partition coefficient (Wildman–Crippen LogP) is -0.639. The highest BCUT2D eigenvalue weighted by molar-refractivity contribution is 5.91. The Bertz CT molecular complexity index is 343. The lowest BCUT2D eigenvalue weighted by molar-refractivity contribution is -0.142. The minimum absolute atomic E-state index is 0.145. The van der Waals surface area contributed by atoms with Crippen molar-refractivity contribution < 1.29 is 29.7 Å². The molecule has 0 aromatic heterocycles. The molecule has 0 heterocycles. The van der Waals surface area contributed by atoms with Crippen LogP contribution < -0.4 is 11.1 Å². The Morgan fingerprint density at radius 3 is 2.06 bits per heavy atom. The lowest BCUT2D eigenvalue weighted by Gasteiger charge is -2.21. The first-order valence-electron chi connectivity index (χ1n) is 4.83.